The molecule has 7 heteroatoms. The number of nitrogens with zero attached hydrogens (tertiary/aromatic N) is 2. The number of hydrogen-bond donors (Lipinski definition) is 1. The fraction of sp³-hybridized carbons (Fsp3) is 0.353. The predicted octanol–water partition coefficient (Wildman–Crippen LogP) is 2.87. The number of likely N-dealkylation sites (N-methyl/N-ethyl adjacent to an activating group) is 1. The molecule has 3 rings (SSSR count). The van der Waals surface area contributed by atoms with E-state index in [1.54, 1.807) is 20.0 Å². The van der Waals surface area contributed by atoms with Crippen molar-refractivity contribution in [1.29, 1.82) is 0 Å². The van der Waals surface area contributed by atoms with E-state index in [2.05, 4.69) is 26.4 Å². The van der Waals surface area contributed by atoms with Crippen LogP contribution in [0.5, 0.6) is 0 Å². The van der Waals surface area contributed by atoms with Gasteiger partial charge in [-0.3, -0.25) is 9.59 Å². The molecule has 1 aliphatic carbocycles. The zero-order chi connectivity index (χ0) is 17.3. The summed E-state index contributed by atoms with van der Waals surface area (Å²) in [5.41, 5.74) is 0.491. The first-order chi connectivity index (χ1) is 11.4. The van der Waals surface area contributed by atoms with Gasteiger partial charge in [0, 0.05) is 17.6 Å². The number of hydrogen-bond acceptors (Lipinski definition) is 4. The van der Waals surface area contributed by atoms with E-state index in [0.29, 0.717) is 11.6 Å². The van der Waals surface area contributed by atoms with E-state index in [9.17, 15) is 9.59 Å². The van der Waals surface area contributed by atoms with Crippen LogP contribution in [0, 0.1) is 6.92 Å². The highest BCUT2D eigenvalue weighted by Gasteiger charge is 2.52. The molecule has 1 aromatic heterocycles. The average Bonchev–Trinajstić information content (AvgIpc) is 3.25. The number of aromatic nitrogens is 1. The Labute approximate surface area is 148 Å². The van der Waals surface area contributed by atoms with Gasteiger partial charge in [-0.25, -0.2) is 0 Å². The maximum absolute atomic E-state index is 12.8. The molecule has 0 saturated heterocycles. The Kier molecular flexibility index (Phi) is 4.45. The molecule has 1 heterocycles. The summed E-state index contributed by atoms with van der Waals surface area (Å²) in [5.74, 6) is 0.629. The van der Waals surface area contributed by atoms with E-state index < -0.39 is 5.41 Å². The van der Waals surface area contributed by atoms with Crippen LogP contribution >= 0.6 is 15.9 Å². The Morgan fingerprint density at radius 1 is 1.38 bits per heavy atom. The smallest absolute Gasteiger partial charge is 0.245 e. The molecule has 0 bridgehead atoms. The van der Waals surface area contributed by atoms with Crippen LogP contribution in [0.4, 0.5) is 5.82 Å². The van der Waals surface area contributed by atoms with Crippen LogP contribution in [0.15, 0.2) is 39.3 Å². The maximum atomic E-state index is 12.8. The fourth-order valence-corrected chi connectivity index (χ4v) is 3.20. The summed E-state index contributed by atoms with van der Waals surface area (Å²) in [7, 11) is 1.65. The first kappa shape index (κ1) is 16.7. The Bertz CT molecular complexity index is 783. The van der Waals surface area contributed by atoms with Crippen LogP contribution in [0.3, 0.4) is 0 Å². The van der Waals surface area contributed by atoms with Crippen molar-refractivity contribution in [3.8, 4) is 0 Å². The second kappa shape index (κ2) is 6.39. The molecule has 0 aliphatic heterocycles. The zero-order valence-electron chi connectivity index (χ0n) is 13.5. The summed E-state index contributed by atoms with van der Waals surface area (Å²) in [5, 5.41) is 6.33. The van der Waals surface area contributed by atoms with Gasteiger partial charge in [0.05, 0.1) is 12.0 Å². The molecule has 24 heavy (non-hydrogen) atoms. The molecular formula is C17H18BrN3O3. The number of carbonyl (C=O) groups is 2. The number of carbonyl (C=O) groups excluding carboxylic acids is 2. The predicted molar refractivity (Wildman–Crippen MR) is 92.6 cm³/mol. The lowest BCUT2D eigenvalue weighted by atomic mass is 9.94. The molecule has 2 amide bonds. The Morgan fingerprint density at radius 3 is 2.71 bits per heavy atom. The lowest BCUT2D eigenvalue weighted by molar-refractivity contribution is -0.135. The number of halogens is 1. The van der Waals surface area contributed by atoms with Crippen molar-refractivity contribution in [2.75, 3.05) is 18.9 Å². The van der Waals surface area contributed by atoms with Gasteiger partial charge in [-0.15, -0.1) is 0 Å². The topological polar surface area (TPSA) is 75.4 Å². The molecule has 6 nitrogen and oxygen atoms in total. The lowest BCUT2D eigenvalue weighted by Gasteiger charge is -2.23. The minimum atomic E-state index is -0.497. The molecule has 126 valence electrons. The normalized spacial score (nSPS) is 15.0. The third-order valence-electron chi connectivity index (χ3n) is 4.16. The minimum absolute atomic E-state index is 0.0273. The fourth-order valence-electron chi connectivity index (χ4n) is 2.80. The van der Waals surface area contributed by atoms with Gasteiger partial charge in [0.2, 0.25) is 11.8 Å². The molecule has 1 aromatic carbocycles. The zero-order valence-corrected chi connectivity index (χ0v) is 15.1. The van der Waals surface area contributed by atoms with E-state index in [-0.39, 0.29) is 18.4 Å². The van der Waals surface area contributed by atoms with Crippen molar-refractivity contribution < 1.29 is 14.1 Å². The summed E-state index contributed by atoms with van der Waals surface area (Å²) >= 11 is 3.44. The van der Waals surface area contributed by atoms with Crippen LogP contribution in [-0.2, 0) is 15.0 Å². The molecule has 0 radical (unpaired) electrons. The van der Waals surface area contributed by atoms with Crippen molar-refractivity contribution in [1.82, 2.24) is 10.1 Å². The van der Waals surface area contributed by atoms with Crippen LogP contribution in [0.25, 0.3) is 0 Å². The number of anilines is 1. The van der Waals surface area contributed by atoms with E-state index in [0.717, 1.165) is 22.9 Å². The Morgan fingerprint density at radius 2 is 2.12 bits per heavy atom. The van der Waals surface area contributed by atoms with Gasteiger partial charge in [0.25, 0.3) is 0 Å². The first-order valence-corrected chi connectivity index (χ1v) is 8.45. The Hall–Kier alpha value is -2.15. The van der Waals surface area contributed by atoms with Gasteiger partial charge in [0.15, 0.2) is 5.82 Å². The van der Waals surface area contributed by atoms with Gasteiger partial charge in [-0.05, 0) is 37.5 Å². The van der Waals surface area contributed by atoms with Gasteiger partial charge >= 0.3 is 0 Å². The lowest BCUT2D eigenvalue weighted by Crippen LogP contribution is -2.41. The largest absolute Gasteiger partial charge is 0.360 e. The third-order valence-corrected chi connectivity index (χ3v) is 4.65. The number of amides is 2. The molecule has 0 atom stereocenters. The average molecular weight is 392 g/mol. The third kappa shape index (κ3) is 3.36. The SMILES string of the molecule is Cc1cc(NC(=O)CN(C)C(=O)C2(c3cccc(Br)c3)CC2)no1. The summed E-state index contributed by atoms with van der Waals surface area (Å²) in [6.07, 6.45) is 1.60. The highest BCUT2D eigenvalue weighted by Crippen LogP contribution is 2.49. The molecule has 1 aliphatic rings. The van der Waals surface area contributed by atoms with Gasteiger partial charge in [-0.1, -0.05) is 33.2 Å². The number of nitrogens with one attached hydrogen (secondary N) is 1. The summed E-state index contributed by atoms with van der Waals surface area (Å²) in [4.78, 5) is 26.4. The molecule has 1 saturated carbocycles. The van der Waals surface area contributed by atoms with Crippen molar-refractivity contribution in [3.63, 3.8) is 0 Å². The summed E-state index contributed by atoms with van der Waals surface area (Å²) < 4.78 is 5.85. The summed E-state index contributed by atoms with van der Waals surface area (Å²) in [6, 6.07) is 9.41. The van der Waals surface area contributed by atoms with Gasteiger partial charge in [0.1, 0.15) is 5.76 Å². The van der Waals surface area contributed by atoms with Gasteiger partial charge < -0.3 is 14.7 Å². The molecule has 2 aromatic rings. The van der Waals surface area contributed by atoms with Gasteiger partial charge in [-0.2, -0.15) is 0 Å². The van der Waals surface area contributed by atoms with Crippen LogP contribution in [-0.4, -0.2) is 35.5 Å². The van der Waals surface area contributed by atoms with Crippen molar-refractivity contribution in [2.24, 2.45) is 0 Å². The van der Waals surface area contributed by atoms with Crippen LogP contribution < -0.4 is 5.32 Å². The monoisotopic (exact) mass is 391 g/mol. The first-order valence-electron chi connectivity index (χ1n) is 7.65. The van der Waals surface area contributed by atoms with Crippen molar-refractivity contribution in [3.05, 3.63) is 46.1 Å². The molecule has 0 unspecified atom stereocenters. The molecular weight excluding hydrogens is 374 g/mol. The summed E-state index contributed by atoms with van der Waals surface area (Å²) in [6.45, 7) is 1.72. The second-order valence-corrected chi connectivity index (χ2v) is 7.04. The van der Waals surface area contributed by atoms with Crippen molar-refractivity contribution in [2.45, 2.75) is 25.2 Å². The minimum Gasteiger partial charge on any atom is -0.360 e. The van der Waals surface area contributed by atoms with Crippen molar-refractivity contribution >= 4 is 33.6 Å². The van der Waals surface area contributed by atoms with Crippen LogP contribution in [0.1, 0.15) is 24.2 Å². The van der Waals surface area contributed by atoms with E-state index >= 15 is 0 Å². The number of benzene rings is 1. The number of aryl methyl sites for hydroxylation is 1. The molecule has 1 fully saturated rings. The van der Waals surface area contributed by atoms with E-state index in [1.807, 2.05) is 24.3 Å². The number of rotatable bonds is 5. The highest BCUT2D eigenvalue weighted by molar-refractivity contribution is 9.10. The van der Waals surface area contributed by atoms with E-state index in [4.69, 9.17) is 4.52 Å². The van der Waals surface area contributed by atoms with Crippen LogP contribution in [0.2, 0.25) is 0 Å². The quantitative estimate of drug-likeness (QED) is 0.849. The van der Waals surface area contributed by atoms with E-state index in [1.165, 1.54) is 4.90 Å². The molecule has 0 spiro atoms. The Balaban J connectivity index is 1.65. The highest BCUT2D eigenvalue weighted by atomic mass is 79.9. The molecule has 1 N–H and O–H groups in total. The maximum Gasteiger partial charge on any atom is 0.245 e. The standard InChI is InChI=1S/C17H18BrN3O3/c1-11-8-14(20-24-11)19-15(22)10-21(2)16(23)17(6-7-17)12-4-3-5-13(18)9-12/h3-5,8-9H,6-7,10H2,1-2H3,(H,19,20,22). The second-order valence-electron chi connectivity index (χ2n) is 6.12.